The SMILES string of the molecule is CN1CCc2c(c3cnccc3n2CCCC=O)C1. The van der Waals surface area contributed by atoms with Gasteiger partial charge < -0.3 is 14.3 Å². The molecule has 0 fully saturated rings. The molecule has 0 saturated heterocycles. The largest absolute Gasteiger partial charge is 0.344 e. The van der Waals surface area contributed by atoms with Crippen LogP contribution in [0, 0.1) is 0 Å². The van der Waals surface area contributed by atoms with Crippen LogP contribution in [0.5, 0.6) is 0 Å². The molecule has 0 aromatic carbocycles. The molecule has 0 unspecified atom stereocenters. The van der Waals surface area contributed by atoms with E-state index in [9.17, 15) is 4.79 Å². The highest BCUT2D eigenvalue weighted by molar-refractivity contribution is 5.84. The molecule has 2 aromatic heterocycles. The molecule has 0 bridgehead atoms. The molecular formula is C15H19N3O. The Morgan fingerprint density at radius 1 is 1.47 bits per heavy atom. The van der Waals surface area contributed by atoms with Gasteiger partial charge in [-0.1, -0.05) is 0 Å². The Labute approximate surface area is 113 Å². The van der Waals surface area contributed by atoms with Crippen LogP contribution in [-0.4, -0.2) is 34.3 Å². The first-order valence-corrected chi connectivity index (χ1v) is 6.87. The average molecular weight is 257 g/mol. The van der Waals surface area contributed by atoms with Crippen LogP contribution < -0.4 is 0 Å². The van der Waals surface area contributed by atoms with E-state index in [4.69, 9.17) is 0 Å². The number of rotatable bonds is 4. The lowest BCUT2D eigenvalue weighted by atomic mass is 10.1. The number of likely N-dealkylation sites (N-methyl/N-ethyl adjacent to an activating group) is 1. The van der Waals surface area contributed by atoms with Crippen LogP contribution in [-0.2, 0) is 24.3 Å². The van der Waals surface area contributed by atoms with E-state index < -0.39 is 0 Å². The molecule has 0 spiro atoms. The number of nitrogens with zero attached hydrogens (tertiary/aromatic N) is 3. The van der Waals surface area contributed by atoms with E-state index in [0.717, 1.165) is 38.8 Å². The van der Waals surface area contributed by atoms with Crippen LogP contribution in [0.15, 0.2) is 18.5 Å². The summed E-state index contributed by atoms with van der Waals surface area (Å²) in [7, 11) is 2.16. The molecule has 0 aliphatic carbocycles. The summed E-state index contributed by atoms with van der Waals surface area (Å²) >= 11 is 0. The Morgan fingerprint density at radius 2 is 2.37 bits per heavy atom. The number of unbranched alkanes of at least 4 members (excludes halogenated alkanes) is 1. The van der Waals surface area contributed by atoms with Gasteiger partial charge in [-0.05, 0) is 25.1 Å². The Morgan fingerprint density at radius 3 is 3.21 bits per heavy atom. The maximum absolute atomic E-state index is 10.5. The van der Waals surface area contributed by atoms with Gasteiger partial charge in [-0.3, -0.25) is 4.98 Å². The van der Waals surface area contributed by atoms with Crippen LogP contribution in [0.4, 0.5) is 0 Å². The van der Waals surface area contributed by atoms with Gasteiger partial charge in [0.1, 0.15) is 6.29 Å². The van der Waals surface area contributed by atoms with Crippen molar-refractivity contribution in [1.82, 2.24) is 14.5 Å². The van der Waals surface area contributed by atoms with Crippen molar-refractivity contribution in [3.8, 4) is 0 Å². The number of aldehydes is 1. The molecule has 0 radical (unpaired) electrons. The second-order valence-electron chi connectivity index (χ2n) is 5.27. The first kappa shape index (κ1) is 12.4. The van der Waals surface area contributed by atoms with Crippen molar-refractivity contribution in [3.05, 3.63) is 29.7 Å². The highest BCUT2D eigenvalue weighted by atomic mass is 16.1. The van der Waals surface area contributed by atoms with E-state index in [-0.39, 0.29) is 0 Å². The average Bonchev–Trinajstić information content (AvgIpc) is 2.73. The van der Waals surface area contributed by atoms with E-state index in [1.165, 1.54) is 22.2 Å². The maximum atomic E-state index is 10.5. The van der Waals surface area contributed by atoms with Gasteiger partial charge in [-0.2, -0.15) is 0 Å². The lowest BCUT2D eigenvalue weighted by molar-refractivity contribution is -0.107. The van der Waals surface area contributed by atoms with E-state index in [1.54, 1.807) is 0 Å². The molecule has 1 aliphatic heterocycles. The fourth-order valence-corrected chi connectivity index (χ4v) is 3.01. The molecule has 1 aliphatic rings. The Balaban J connectivity index is 2.06. The van der Waals surface area contributed by atoms with Gasteiger partial charge in [0.25, 0.3) is 0 Å². The van der Waals surface area contributed by atoms with Crippen LogP contribution in [0.25, 0.3) is 10.9 Å². The molecular weight excluding hydrogens is 238 g/mol. The lowest BCUT2D eigenvalue weighted by Crippen LogP contribution is -2.27. The second-order valence-corrected chi connectivity index (χ2v) is 5.27. The third-order valence-corrected chi connectivity index (χ3v) is 3.95. The quantitative estimate of drug-likeness (QED) is 0.621. The van der Waals surface area contributed by atoms with Gasteiger partial charge >= 0.3 is 0 Å². The van der Waals surface area contributed by atoms with Crippen molar-refractivity contribution in [2.45, 2.75) is 32.4 Å². The summed E-state index contributed by atoms with van der Waals surface area (Å²) in [6, 6.07) is 2.09. The summed E-state index contributed by atoms with van der Waals surface area (Å²) in [4.78, 5) is 17.1. The molecule has 3 heterocycles. The number of hydrogen-bond acceptors (Lipinski definition) is 3. The van der Waals surface area contributed by atoms with E-state index in [2.05, 4.69) is 27.6 Å². The summed E-state index contributed by atoms with van der Waals surface area (Å²) in [5.41, 5.74) is 4.12. The monoisotopic (exact) mass is 257 g/mol. The molecule has 0 amide bonds. The number of hydrogen-bond donors (Lipinski definition) is 0. The zero-order valence-electron chi connectivity index (χ0n) is 11.3. The van der Waals surface area contributed by atoms with Crippen molar-refractivity contribution in [2.24, 2.45) is 0 Å². The molecule has 4 heteroatoms. The topological polar surface area (TPSA) is 38.1 Å². The van der Waals surface area contributed by atoms with Crippen LogP contribution >= 0.6 is 0 Å². The fraction of sp³-hybridized carbons (Fsp3) is 0.467. The predicted octanol–water partition coefficient (Wildman–Crippen LogP) is 2.00. The van der Waals surface area contributed by atoms with Crippen LogP contribution in [0.1, 0.15) is 24.1 Å². The lowest BCUT2D eigenvalue weighted by Gasteiger charge is -2.24. The summed E-state index contributed by atoms with van der Waals surface area (Å²) < 4.78 is 2.39. The maximum Gasteiger partial charge on any atom is 0.120 e. The zero-order chi connectivity index (χ0) is 13.2. The number of fused-ring (bicyclic) bond motifs is 3. The van der Waals surface area contributed by atoms with Gasteiger partial charge in [0.2, 0.25) is 0 Å². The first-order chi connectivity index (χ1) is 9.31. The van der Waals surface area contributed by atoms with Crippen molar-refractivity contribution in [1.29, 1.82) is 0 Å². The Hall–Kier alpha value is -1.68. The molecule has 100 valence electrons. The Kier molecular flexibility index (Phi) is 3.34. The number of carbonyl (C=O) groups excluding carboxylic acids is 1. The highest BCUT2D eigenvalue weighted by Crippen LogP contribution is 2.30. The number of pyridine rings is 1. The third kappa shape index (κ3) is 2.16. The minimum Gasteiger partial charge on any atom is -0.344 e. The number of aryl methyl sites for hydroxylation is 1. The third-order valence-electron chi connectivity index (χ3n) is 3.95. The van der Waals surface area contributed by atoms with Crippen molar-refractivity contribution >= 4 is 17.2 Å². The van der Waals surface area contributed by atoms with Gasteiger partial charge in [0.05, 0.1) is 5.52 Å². The first-order valence-electron chi connectivity index (χ1n) is 6.87. The minimum atomic E-state index is 0.638. The molecule has 0 saturated carbocycles. The van der Waals surface area contributed by atoms with Gasteiger partial charge in [0, 0.05) is 55.9 Å². The van der Waals surface area contributed by atoms with E-state index >= 15 is 0 Å². The van der Waals surface area contributed by atoms with Crippen LogP contribution in [0.3, 0.4) is 0 Å². The van der Waals surface area contributed by atoms with Crippen molar-refractivity contribution in [2.75, 3.05) is 13.6 Å². The summed E-state index contributed by atoms with van der Waals surface area (Å²) in [6.07, 6.45) is 7.48. The normalized spacial score (nSPS) is 15.6. The van der Waals surface area contributed by atoms with Gasteiger partial charge in [0.15, 0.2) is 0 Å². The molecule has 3 rings (SSSR count). The molecule has 0 N–H and O–H groups in total. The standard InChI is InChI=1S/C15H19N3O/c1-17-8-5-15-13(11-17)12-10-16-6-4-14(12)18(15)7-2-3-9-19/h4,6,9-10H,2-3,5,7-8,11H2,1H3. The second kappa shape index (κ2) is 5.13. The molecule has 4 nitrogen and oxygen atoms in total. The smallest absolute Gasteiger partial charge is 0.120 e. The summed E-state index contributed by atoms with van der Waals surface area (Å²) in [5.74, 6) is 0. The van der Waals surface area contributed by atoms with E-state index in [1.807, 2.05) is 12.4 Å². The predicted molar refractivity (Wildman–Crippen MR) is 75.1 cm³/mol. The number of carbonyl (C=O) groups is 1. The van der Waals surface area contributed by atoms with E-state index in [0.29, 0.717) is 6.42 Å². The highest BCUT2D eigenvalue weighted by Gasteiger charge is 2.21. The molecule has 2 aromatic rings. The molecule has 0 atom stereocenters. The summed E-state index contributed by atoms with van der Waals surface area (Å²) in [6.45, 7) is 3.03. The van der Waals surface area contributed by atoms with Crippen molar-refractivity contribution < 1.29 is 4.79 Å². The number of aromatic nitrogens is 2. The zero-order valence-corrected chi connectivity index (χ0v) is 11.3. The van der Waals surface area contributed by atoms with Crippen molar-refractivity contribution in [3.63, 3.8) is 0 Å². The van der Waals surface area contributed by atoms with Gasteiger partial charge in [-0.25, -0.2) is 0 Å². The minimum absolute atomic E-state index is 0.638. The summed E-state index contributed by atoms with van der Waals surface area (Å²) in [5, 5.41) is 1.27. The van der Waals surface area contributed by atoms with Gasteiger partial charge in [-0.15, -0.1) is 0 Å². The molecule has 19 heavy (non-hydrogen) atoms. The fourth-order valence-electron chi connectivity index (χ4n) is 3.01. The van der Waals surface area contributed by atoms with Crippen LogP contribution in [0.2, 0.25) is 0 Å². The Bertz CT molecular complexity index is 603.